The van der Waals surface area contributed by atoms with Crippen LogP contribution in [0.25, 0.3) is 11.0 Å². The summed E-state index contributed by atoms with van der Waals surface area (Å²) in [5, 5.41) is 31.0. The van der Waals surface area contributed by atoms with Crippen LogP contribution in [0.1, 0.15) is 29.6 Å². The van der Waals surface area contributed by atoms with Crippen LogP contribution in [0.4, 0.5) is 5.95 Å². The van der Waals surface area contributed by atoms with Gasteiger partial charge in [0, 0.05) is 53.1 Å². The zero-order chi connectivity index (χ0) is 24.2. The highest BCUT2D eigenvalue weighted by atomic mass is 79.9. The van der Waals surface area contributed by atoms with Crippen LogP contribution in [-0.4, -0.2) is 52.6 Å². The molecular weight excluding hydrogens is 576 g/mol. The molecule has 3 aromatic rings. The molecule has 0 aliphatic carbocycles. The van der Waals surface area contributed by atoms with Gasteiger partial charge < -0.3 is 20.1 Å². The number of carbonyl (C=O) groups excluding carboxylic acids is 2. The predicted octanol–water partition coefficient (Wildman–Crippen LogP) is 2.07. The van der Waals surface area contributed by atoms with Crippen molar-refractivity contribution >= 4 is 60.7 Å². The highest BCUT2D eigenvalue weighted by Gasteiger charge is 2.26. The van der Waals surface area contributed by atoms with Crippen LogP contribution in [0.5, 0.6) is 0 Å². The van der Waals surface area contributed by atoms with Gasteiger partial charge in [0.25, 0.3) is 5.91 Å². The van der Waals surface area contributed by atoms with Gasteiger partial charge in [0.05, 0.1) is 13.0 Å². The Kier molecular flexibility index (Phi) is 7.41. The first-order valence-corrected chi connectivity index (χ1v) is 12.1. The third kappa shape index (κ3) is 5.53. The Bertz CT molecular complexity index is 1240. The number of esters is 1. The Morgan fingerprint density at radius 3 is 2.65 bits per heavy atom. The van der Waals surface area contributed by atoms with Gasteiger partial charge >= 0.3 is 17.4 Å². The molecule has 1 fully saturated rings. The van der Waals surface area contributed by atoms with Crippen molar-refractivity contribution in [1.29, 1.82) is 0 Å². The van der Waals surface area contributed by atoms with E-state index in [9.17, 15) is 20.0 Å². The number of carbonyl (C=O) groups is 2. The molecule has 0 unspecified atom stereocenters. The smallest absolute Gasteiger partial charge is 0.460 e. The lowest BCUT2D eigenvalue weighted by Gasteiger charge is -2.31. The maximum atomic E-state index is 12.6. The molecule has 3 heterocycles. The minimum absolute atomic E-state index is 0.0108. The fourth-order valence-electron chi connectivity index (χ4n) is 3.64. The van der Waals surface area contributed by atoms with Gasteiger partial charge in [-0.1, -0.05) is 15.9 Å². The molecule has 1 saturated heterocycles. The molecule has 34 heavy (non-hydrogen) atoms. The summed E-state index contributed by atoms with van der Waals surface area (Å²) in [7, 11) is 0. The van der Waals surface area contributed by atoms with E-state index in [-0.39, 0.29) is 42.0 Å². The molecule has 11 nitrogen and oxygen atoms in total. The van der Waals surface area contributed by atoms with E-state index in [2.05, 4.69) is 47.3 Å². The number of likely N-dealkylation sites (tertiary alicyclic amines) is 1. The van der Waals surface area contributed by atoms with Gasteiger partial charge in [-0.3, -0.25) is 14.9 Å². The number of hydrogen-bond acceptors (Lipinski definition) is 8. The largest absolute Gasteiger partial charge is 0.739 e. The minimum atomic E-state index is -0.437. The lowest BCUT2D eigenvalue weighted by atomic mass is 10.1. The van der Waals surface area contributed by atoms with E-state index in [4.69, 9.17) is 4.74 Å². The third-order valence-corrected chi connectivity index (χ3v) is 6.28. The van der Waals surface area contributed by atoms with Gasteiger partial charge in [-0.2, -0.15) is 0 Å². The molecule has 13 heteroatoms. The van der Waals surface area contributed by atoms with Crippen molar-refractivity contribution in [1.82, 2.24) is 15.0 Å². The number of amides is 1. The van der Waals surface area contributed by atoms with E-state index in [0.717, 1.165) is 0 Å². The first-order chi connectivity index (χ1) is 16.3. The molecule has 1 amide bonds. The molecule has 0 spiro atoms. The van der Waals surface area contributed by atoms with Crippen molar-refractivity contribution < 1.29 is 23.9 Å². The van der Waals surface area contributed by atoms with Crippen LogP contribution >= 0.6 is 31.9 Å². The van der Waals surface area contributed by atoms with Gasteiger partial charge in [-0.15, -0.1) is 0 Å². The lowest BCUT2D eigenvalue weighted by Crippen LogP contribution is -2.44. The zero-order valence-corrected chi connectivity index (χ0v) is 21.0. The van der Waals surface area contributed by atoms with Crippen LogP contribution in [0.2, 0.25) is 0 Å². The van der Waals surface area contributed by atoms with Crippen molar-refractivity contribution in [2.24, 2.45) is 0 Å². The second kappa shape index (κ2) is 10.5. The molecule has 1 N–H and O–H groups in total. The molecule has 0 saturated carbocycles. The van der Waals surface area contributed by atoms with Crippen molar-refractivity contribution in [3.63, 3.8) is 0 Å². The fraction of sp³-hybridized carbons (Fsp3) is 0.333. The second-order valence-electron chi connectivity index (χ2n) is 7.65. The number of nitrogens with one attached hydrogen (secondary N) is 1. The topological polar surface area (TPSA) is 138 Å². The molecule has 178 valence electrons. The summed E-state index contributed by atoms with van der Waals surface area (Å²) in [6, 6.07) is 7.99. The van der Waals surface area contributed by atoms with Crippen molar-refractivity contribution in [2.45, 2.75) is 25.4 Å². The van der Waals surface area contributed by atoms with Crippen molar-refractivity contribution in [3.05, 3.63) is 61.6 Å². The van der Waals surface area contributed by atoms with Crippen molar-refractivity contribution in [2.75, 3.05) is 25.0 Å². The van der Waals surface area contributed by atoms with Gasteiger partial charge in [0.15, 0.2) is 5.52 Å². The van der Waals surface area contributed by atoms with E-state index < -0.39 is 5.97 Å². The van der Waals surface area contributed by atoms with Crippen LogP contribution in [0.3, 0.4) is 0 Å². The molecule has 0 atom stereocenters. The predicted molar refractivity (Wildman–Crippen MR) is 127 cm³/mol. The van der Waals surface area contributed by atoms with E-state index >= 15 is 0 Å². The zero-order valence-electron chi connectivity index (χ0n) is 17.8. The number of benzene rings is 1. The SMILES string of the molecule is O=C(CCNc1n[n+]([O-])c2cc(Br)ccc2[n+]1[O-])OC1CCN(C(=O)c2ccnc(Br)c2)CC1. The first kappa shape index (κ1) is 24.1. The lowest BCUT2D eigenvalue weighted by molar-refractivity contribution is -0.672. The van der Waals surface area contributed by atoms with E-state index in [1.807, 2.05) is 0 Å². The fourth-order valence-corrected chi connectivity index (χ4v) is 4.35. The Balaban J connectivity index is 1.25. The highest BCUT2D eigenvalue weighted by molar-refractivity contribution is 9.10. The number of rotatable bonds is 6. The number of anilines is 1. The first-order valence-electron chi connectivity index (χ1n) is 10.5. The quantitative estimate of drug-likeness (QED) is 0.198. The summed E-state index contributed by atoms with van der Waals surface area (Å²) in [6.45, 7) is 1.03. The summed E-state index contributed by atoms with van der Waals surface area (Å²) in [5.41, 5.74) is 0.822. The van der Waals surface area contributed by atoms with Gasteiger partial charge in [0.1, 0.15) is 10.7 Å². The second-order valence-corrected chi connectivity index (χ2v) is 9.38. The average molecular weight is 596 g/mol. The number of pyridine rings is 1. The molecule has 2 aromatic heterocycles. The Morgan fingerprint density at radius 1 is 1.15 bits per heavy atom. The standard InChI is InChI=1S/C21H20Br2N6O5/c22-14-1-2-16-17(12-14)29(33)26-21(28(16)32)25-8-4-19(30)34-15-5-9-27(10-6-15)20(31)13-3-7-24-18(23)11-13/h1-3,7,11-12,15H,4-6,8-10H2,(H,25,26). The summed E-state index contributed by atoms with van der Waals surface area (Å²) >= 11 is 6.51. The molecule has 4 rings (SSSR count). The highest BCUT2D eigenvalue weighted by Crippen LogP contribution is 2.18. The molecule has 0 radical (unpaired) electrons. The Labute approximate surface area is 211 Å². The number of piperidine rings is 1. The normalized spacial score (nSPS) is 14.2. The van der Waals surface area contributed by atoms with Gasteiger partial charge in [0.2, 0.25) is 5.10 Å². The third-order valence-electron chi connectivity index (χ3n) is 5.35. The summed E-state index contributed by atoms with van der Waals surface area (Å²) in [6.07, 6.45) is 2.34. The van der Waals surface area contributed by atoms with E-state index in [1.165, 1.54) is 12.1 Å². The monoisotopic (exact) mass is 594 g/mol. The molecule has 0 bridgehead atoms. The average Bonchev–Trinajstić information content (AvgIpc) is 2.82. The maximum Gasteiger partial charge on any atom is 0.460 e. The summed E-state index contributed by atoms with van der Waals surface area (Å²) < 4.78 is 7.26. The molecule has 1 aliphatic rings. The number of fused-ring (bicyclic) bond motifs is 1. The van der Waals surface area contributed by atoms with E-state index in [0.29, 0.717) is 50.1 Å². The molecule has 1 aliphatic heterocycles. The summed E-state index contributed by atoms with van der Waals surface area (Å²) in [4.78, 5) is 31.0. The van der Waals surface area contributed by atoms with Gasteiger partial charge in [-0.05, 0) is 40.2 Å². The Hall–Kier alpha value is -3.06. The maximum absolute atomic E-state index is 12.6. The Morgan fingerprint density at radius 2 is 1.91 bits per heavy atom. The molecule has 1 aromatic carbocycles. The number of aromatic nitrogens is 4. The number of halogens is 2. The summed E-state index contributed by atoms with van der Waals surface area (Å²) in [5.74, 6) is -0.728. The number of hydrogen-bond donors (Lipinski definition) is 1. The van der Waals surface area contributed by atoms with Crippen molar-refractivity contribution in [3.8, 4) is 0 Å². The molecular formula is C21H20Br2N6O5. The van der Waals surface area contributed by atoms with E-state index in [1.54, 1.807) is 29.3 Å². The number of nitrogens with zero attached hydrogens (tertiary/aromatic N) is 5. The van der Waals surface area contributed by atoms with Crippen LogP contribution in [0.15, 0.2) is 45.6 Å². The van der Waals surface area contributed by atoms with Crippen LogP contribution in [-0.2, 0) is 9.53 Å². The van der Waals surface area contributed by atoms with Crippen LogP contribution < -0.4 is 14.9 Å². The van der Waals surface area contributed by atoms with Crippen LogP contribution in [0, 0.1) is 10.4 Å². The van der Waals surface area contributed by atoms with Gasteiger partial charge in [-0.25, -0.2) is 9.71 Å². The number of ether oxygens (including phenoxy) is 1. The minimum Gasteiger partial charge on any atom is -0.739 e.